The Balaban J connectivity index is 1.48. The number of carbonyl (C=O) groups is 4. The molecule has 36 heavy (non-hydrogen) atoms. The molecule has 9 nitrogen and oxygen atoms in total. The standard InChI is InChI=1S/C25H17Cl2N3O6/c26-18-3-1-2-4-20(18)28-22(32)13-36-21-10-5-14(12-19(21)27)11-17-23(33)29-25(35)30(24(17)34)15-6-8-16(31)9-7-15/h1-12,31H,13H2,(H,28,32)(H,29,33,35)/b17-11-. The number of rotatable bonds is 6. The van der Waals surface area contributed by atoms with Crippen molar-refractivity contribution in [2.45, 2.75) is 0 Å². The van der Waals surface area contributed by atoms with Crippen LogP contribution in [0, 0.1) is 0 Å². The minimum absolute atomic E-state index is 0.0474. The van der Waals surface area contributed by atoms with Gasteiger partial charge in [-0.2, -0.15) is 0 Å². The van der Waals surface area contributed by atoms with Gasteiger partial charge in [-0.05, 0) is 60.2 Å². The summed E-state index contributed by atoms with van der Waals surface area (Å²) in [6.07, 6.45) is 1.28. The van der Waals surface area contributed by atoms with Crippen LogP contribution in [0.2, 0.25) is 10.0 Å². The number of nitrogens with one attached hydrogen (secondary N) is 2. The molecule has 1 fully saturated rings. The van der Waals surface area contributed by atoms with E-state index in [1.54, 1.807) is 24.3 Å². The van der Waals surface area contributed by atoms with Crippen molar-refractivity contribution in [3.05, 3.63) is 87.9 Å². The van der Waals surface area contributed by atoms with Crippen molar-refractivity contribution in [1.29, 1.82) is 0 Å². The van der Waals surface area contributed by atoms with Gasteiger partial charge >= 0.3 is 6.03 Å². The number of benzene rings is 3. The minimum atomic E-state index is -0.912. The van der Waals surface area contributed by atoms with Crippen LogP contribution in [0.3, 0.4) is 0 Å². The molecule has 0 aliphatic carbocycles. The van der Waals surface area contributed by atoms with Crippen molar-refractivity contribution in [2.75, 3.05) is 16.8 Å². The molecule has 0 atom stereocenters. The lowest BCUT2D eigenvalue weighted by molar-refractivity contribution is -0.122. The fourth-order valence-electron chi connectivity index (χ4n) is 3.28. The van der Waals surface area contributed by atoms with Crippen LogP contribution in [-0.4, -0.2) is 35.5 Å². The number of urea groups is 1. The van der Waals surface area contributed by atoms with Gasteiger partial charge in [0.15, 0.2) is 6.61 Å². The van der Waals surface area contributed by atoms with Gasteiger partial charge in [0.25, 0.3) is 17.7 Å². The Hall–Kier alpha value is -4.34. The van der Waals surface area contributed by atoms with Crippen LogP contribution in [0.15, 0.2) is 72.3 Å². The second-order valence-corrected chi connectivity index (χ2v) is 8.30. The molecular weight excluding hydrogens is 509 g/mol. The van der Waals surface area contributed by atoms with E-state index in [1.165, 1.54) is 48.5 Å². The van der Waals surface area contributed by atoms with Gasteiger partial charge in [-0.15, -0.1) is 0 Å². The summed E-state index contributed by atoms with van der Waals surface area (Å²) in [6.45, 7) is -0.337. The molecule has 0 bridgehead atoms. The number of amides is 5. The molecule has 11 heteroatoms. The number of hydrogen-bond acceptors (Lipinski definition) is 6. The highest BCUT2D eigenvalue weighted by Crippen LogP contribution is 2.28. The molecule has 182 valence electrons. The molecule has 0 aromatic heterocycles. The first-order valence-corrected chi connectivity index (χ1v) is 11.2. The van der Waals surface area contributed by atoms with Gasteiger partial charge in [-0.1, -0.05) is 41.4 Å². The van der Waals surface area contributed by atoms with E-state index >= 15 is 0 Å². The number of phenols is 1. The van der Waals surface area contributed by atoms with Gasteiger partial charge < -0.3 is 15.2 Å². The smallest absolute Gasteiger partial charge is 0.335 e. The largest absolute Gasteiger partial charge is 0.508 e. The molecule has 4 rings (SSSR count). The van der Waals surface area contributed by atoms with E-state index in [-0.39, 0.29) is 34.4 Å². The van der Waals surface area contributed by atoms with E-state index in [4.69, 9.17) is 27.9 Å². The van der Waals surface area contributed by atoms with Gasteiger partial charge in [0.2, 0.25) is 0 Å². The Morgan fingerprint density at radius 2 is 1.72 bits per heavy atom. The highest BCUT2D eigenvalue weighted by atomic mass is 35.5. The molecule has 1 heterocycles. The second-order valence-electron chi connectivity index (χ2n) is 7.48. The SMILES string of the molecule is O=C(COc1ccc(/C=C2/C(=O)NC(=O)N(c3ccc(O)cc3)C2=O)cc1Cl)Nc1ccccc1Cl. The molecule has 0 saturated carbocycles. The Morgan fingerprint density at radius 3 is 2.42 bits per heavy atom. The molecule has 0 spiro atoms. The molecule has 0 radical (unpaired) electrons. The number of hydrogen-bond donors (Lipinski definition) is 3. The maximum absolute atomic E-state index is 12.9. The van der Waals surface area contributed by atoms with E-state index in [9.17, 15) is 24.3 Å². The fourth-order valence-corrected chi connectivity index (χ4v) is 3.70. The summed E-state index contributed by atoms with van der Waals surface area (Å²) in [4.78, 5) is 50.5. The number of ether oxygens (including phenoxy) is 1. The maximum Gasteiger partial charge on any atom is 0.335 e. The topological polar surface area (TPSA) is 125 Å². The molecule has 3 N–H and O–H groups in total. The quantitative estimate of drug-likeness (QED) is 0.324. The number of carbonyl (C=O) groups excluding carboxylic acids is 4. The highest BCUT2D eigenvalue weighted by molar-refractivity contribution is 6.39. The number of nitrogens with zero attached hydrogens (tertiary/aromatic N) is 1. The molecular formula is C25H17Cl2N3O6. The molecule has 5 amide bonds. The third-order valence-corrected chi connectivity index (χ3v) is 5.61. The number of phenolic OH excluding ortho intramolecular Hbond substituents is 1. The third kappa shape index (κ3) is 5.48. The zero-order valence-corrected chi connectivity index (χ0v) is 19.8. The predicted octanol–water partition coefficient (Wildman–Crippen LogP) is 4.38. The van der Waals surface area contributed by atoms with Crippen LogP contribution in [-0.2, 0) is 14.4 Å². The molecule has 3 aromatic rings. The zero-order valence-electron chi connectivity index (χ0n) is 18.3. The lowest BCUT2D eigenvalue weighted by atomic mass is 10.1. The van der Waals surface area contributed by atoms with Gasteiger partial charge in [-0.3, -0.25) is 19.7 Å². The number of halogens is 2. The van der Waals surface area contributed by atoms with E-state index in [2.05, 4.69) is 10.6 Å². The number of para-hydroxylation sites is 1. The first kappa shape index (κ1) is 24.8. The highest BCUT2D eigenvalue weighted by Gasteiger charge is 2.36. The van der Waals surface area contributed by atoms with Gasteiger partial charge in [0, 0.05) is 0 Å². The van der Waals surface area contributed by atoms with Crippen molar-refractivity contribution >= 4 is 64.4 Å². The van der Waals surface area contributed by atoms with Crippen molar-refractivity contribution in [2.24, 2.45) is 0 Å². The lowest BCUT2D eigenvalue weighted by Crippen LogP contribution is -2.54. The van der Waals surface area contributed by atoms with Crippen molar-refractivity contribution in [3.63, 3.8) is 0 Å². The lowest BCUT2D eigenvalue weighted by Gasteiger charge is -2.26. The van der Waals surface area contributed by atoms with E-state index in [1.807, 2.05) is 0 Å². The zero-order chi connectivity index (χ0) is 25.8. The molecule has 1 aliphatic heterocycles. The molecule has 3 aromatic carbocycles. The Bertz CT molecular complexity index is 1410. The maximum atomic E-state index is 12.9. The molecule has 0 unspecified atom stereocenters. The first-order valence-electron chi connectivity index (χ1n) is 10.4. The number of aromatic hydroxyl groups is 1. The summed E-state index contributed by atoms with van der Waals surface area (Å²) in [7, 11) is 0. The number of barbiturate groups is 1. The summed E-state index contributed by atoms with van der Waals surface area (Å²) in [5.74, 6) is -2.01. The summed E-state index contributed by atoms with van der Waals surface area (Å²) in [5, 5.41) is 14.7. The van der Waals surface area contributed by atoms with Crippen LogP contribution in [0.1, 0.15) is 5.56 Å². The predicted molar refractivity (Wildman–Crippen MR) is 134 cm³/mol. The average molecular weight is 526 g/mol. The third-order valence-electron chi connectivity index (χ3n) is 4.98. The van der Waals surface area contributed by atoms with Crippen LogP contribution >= 0.6 is 23.2 Å². The number of imide groups is 2. The van der Waals surface area contributed by atoms with Crippen LogP contribution in [0.25, 0.3) is 6.08 Å². The van der Waals surface area contributed by atoms with Crippen LogP contribution in [0.5, 0.6) is 11.5 Å². The summed E-state index contributed by atoms with van der Waals surface area (Å²) in [6, 6.07) is 15.6. The van der Waals surface area contributed by atoms with Crippen molar-refractivity contribution < 1.29 is 29.0 Å². The second kappa shape index (κ2) is 10.5. The van der Waals surface area contributed by atoms with Gasteiger partial charge in [-0.25, -0.2) is 9.69 Å². The monoisotopic (exact) mass is 525 g/mol. The van der Waals surface area contributed by atoms with Crippen LogP contribution < -0.4 is 20.3 Å². The van der Waals surface area contributed by atoms with Gasteiger partial charge in [0.05, 0.1) is 21.4 Å². The Morgan fingerprint density at radius 1 is 1.00 bits per heavy atom. The van der Waals surface area contributed by atoms with Crippen molar-refractivity contribution in [1.82, 2.24) is 5.32 Å². The Labute approximate surface area is 214 Å². The minimum Gasteiger partial charge on any atom is -0.508 e. The normalized spacial score (nSPS) is 14.6. The number of anilines is 2. The van der Waals surface area contributed by atoms with E-state index in [0.29, 0.717) is 16.3 Å². The average Bonchev–Trinajstić information content (AvgIpc) is 2.84. The Kier molecular flexibility index (Phi) is 7.23. The van der Waals surface area contributed by atoms with Gasteiger partial charge in [0.1, 0.15) is 17.1 Å². The molecule has 1 aliphatic rings. The fraction of sp³-hybridized carbons (Fsp3) is 0.0400. The summed E-state index contributed by atoms with van der Waals surface area (Å²) in [5.41, 5.74) is 0.694. The first-order chi connectivity index (χ1) is 17.2. The van der Waals surface area contributed by atoms with E-state index < -0.39 is 23.8 Å². The summed E-state index contributed by atoms with van der Waals surface area (Å²) >= 11 is 12.3. The molecule has 1 saturated heterocycles. The van der Waals surface area contributed by atoms with Crippen molar-refractivity contribution in [3.8, 4) is 11.5 Å². The van der Waals surface area contributed by atoms with Crippen LogP contribution in [0.4, 0.5) is 16.2 Å². The van der Waals surface area contributed by atoms with E-state index in [0.717, 1.165) is 4.90 Å². The summed E-state index contributed by atoms with van der Waals surface area (Å²) < 4.78 is 5.47.